The number of hydrogen-bond donors (Lipinski definition) is 2. The van der Waals surface area contributed by atoms with Crippen molar-refractivity contribution in [2.75, 3.05) is 12.4 Å². The molecule has 1 amide bonds. The Bertz CT molecular complexity index is 804. The third kappa shape index (κ3) is 2.67. The number of esters is 1. The number of imidazole rings is 1. The molecule has 3 rings (SSSR count). The average molecular weight is 295 g/mol. The summed E-state index contributed by atoms with van der Waals surface area (Å²) in [5.74, 6) is -0.372. The van der Waals surface area contributed by atoms with E-state index in [0.717, 1.165) is 11.0 Å². The number of aromatic amines is 1. The highest BCUT2D eigenvalue weighted by molar-refractivity contribution is 6.04. The summed E-state index contributed by atoms with van der Waals surface area (Å²) in [6, 6.07) is 13.7. The number of amides is 1. The molecule has 3 aromatic rings. The van der Waals surface area contributed by atoms with Gasteiger partial charge in [0.25, 0.3) is 5.91 Å². The fourth-order valence-electron chi connectivity index (χ4n) is 2.07. The number of para-hydroxylation sites is 2. The quantitative estimate of drug-likeness (QED) is 0.727. The first-order valence-electron chi connectivity index (χ1n) is 6.62. The summed E-state index contributed by atoms with van der Waals surface area (Å²) in [4.78, 5) is 30.8. The molecule has 0 saturated heterocycles. The molecule has 6 nitrogen and oxygen atoms in total. The van der Waals surface area contributed by atoms with Crippen molar-refractivity contribution in [2.24, 2.45) is 0 Å². The van der Waals surface area contributed by atoms with Crippen molar-refractivity contribution in [3.63, 3.8) is 0 Å². The number of hydrogen-bond acceptors (Lipinski definition) is 4. The molecule has 22 heavy (non-hydrogen) atoms. The summed E-state index contributed by atoms with van der Waals surface area (Å²) < 4.78 is 4.61. The predicted octanol–water partition coefficient (Wildman–Crippen LogP) is 2.60. The number of fused-ring (bicyclic) bond motifs is 1. The van der Waals surface area contributed by atoms with Gasteiger partial charge in [0.05, 0.1) is 23.7 Å². The van der Waals surface area contributed by atoms with Crippen molar-refractivity contribution < 1.29 is 14.3 Å². The van der Waals surface area contributed by atoms with Gasteiger partial charge in [0, 0.05) is 5.56 Å². The van der Waals surface area contributed by atoms with E-state index < -0.39 is 5.97 Å². The summed E-state index contributed by atoms with van der Waals surface area (Å²) >= 11 is 0. The fraction of sp³-hybridized carbons (Fsp3) is 0.0625. The molecule has 0 bridgehead atoms. The maximum Gasteiger partial charge on any atom is 0.337 e. The van der Waals surface area contributed by atoms with E-state index in [9.17, 15) is 9.59 Å². The smallest absolute Gasteiger partial charge is 0.337 e. The molecular formula is C16H13N3O3. The molecule has 2 aromatic carbocycles. The number of anilines is 1. The number of H-pyrrole nitrogens is 1. The second-order valence-electron chi connectivity index (χ2n) is 4.63. The van der Waals surface area contributed by atoms with Gasteiger partial charge in [-0.15, -0.1) is 0 Å². The number of aromatic nitrogens is 2. The van der Waals surface area contributed by atoms with Gasteiger partial charge in [0.2, 0.25) is 5.95 Å². The third-order valence-electron chi connectivity index (χ3n) is 3.19. The first kappa shape index (κ1) is 13.8. The summed E-state index contributed by atoms with van der Waals surface area (Å²) in [7, 11) is 1.31. The van der Waals surface area contributed by atoms with Gasteiger partial charge in [0.1, 0.15) is 0 Å². The van der Waals surface area contributed by atoms with Crippen molar-refractivity contribution in [3.05, 3.63) is 59.7 Å². The van der Waals surface area contributed by atoms with Crippen LogP contribution in [0.25, 0.3) is 11.0 Å². The number of nitrogens with one attached hydrogen (secondary N) is 2. The molecule has 0 unspecified atom stereocenters. The van der Waals surface area contributed by atoms with Gasteiger partial charge < -0.3 is 9.72 Å². The van der Waals surface area contributed by atoms with Crippen LogP contribution >= 0.6 is 0 Å². The van der Waals surface area contributed by atoms with Gasteiger partial charge in [-0.25, -0.2) is 9.78 Å². The van der Waals surface area contributed by atoms with Gasteiger partial charge in [-0.1, -0.05) is 12.1 Å². The molecule has 0 atom stereocenters. The Morgan fingerprint density at radius 2 is 1.73 bits per heavy atom. The molecular weight excluding hydrogens is 282 g/mol. The molecule has 0 aliphatic rings. The van der Waals surface area contributed by atoms with Crippen LogP contribution in [0.3, 0.4) is 0 Å². The number of carbonyl (C=O) groups excluding carboxylic acids is 2. The predicted molar refractivity (Wildman–Crippen MR) is 81.8 cm³/mol. The average Bonchev–Trinajstić information content (AvgIpc) is 2.96. The first-order chi connectivity index (χ1) is 10.7. The summed E-state index contributed by atoms with van der Waals surface area (Å²) in [5.41, 5.74) is 2.44. The number of nitrogens with zero attached hydrogens (tertiary/aromatic N) is 1. The molecule has 0 aliphatic heterocycles. The molecule has 1 heterocycles. The molecule has 2 N–H and O–H groups in total. The minimum absolute atomic E-state index is 0.310. The Morgan fingerprint density at radius 1 is 1.05 bits per heavy atom. The van der Waals surface area contributed by atoms with Gasteiger partial charge in [-0.2, -0.15) is 0 Å². The fourth-order valence-corrected chi connectivity index (χ4v) is 2.07. The summed E-state index contributed by atoms with van der Waals surface area (Å²) in [6.07, 6.45) is 0. The van der Waals surface area contributed by atoms with E-state index in [4.69, 9.17) is 0 Å². The standard InChI is InChI=1S/C16H13N3O3/c1-22-15(21)11-8-6-10(7-9-11)14(20)19-16-17-12-4-2-3-5-13(12)18-16/h2-9H,1H3,(H2,17,18,19,20). The third-order valence-corrected chi connectivity index (χ3v) is 3.19. The molecule has 0 radical (unpaired) electrons. The van der Waals surface area contributed by atoms with Crippen LogP contribution in [0.2, 0.25) is 0 Å². The van der Waals surface area contributed by atoms with Crippen LogP contribution in [0.15, 0.2) is 48.5 Å². The second kappa shape index (κ2) is 5.69. The van der Waals surface area contributed by atoms with Crippen molar-refractivity contribution >= 4 is 28.9 Å². The van der Waals surface area contributed by atoms with E-state index in [0.29, 0.717) is 17.1 Å². The lowest BCUT2D eigenvalue weighted by atomic mass is 10.1. The number of rotatable bonds is 3. The number of carbonyl (C=O) groups is 2. The highest BCUT2D eigenvalue weighted by Crippen LogP contribution is 2.14. The summed E-state index contributed by atoms with van der Waals surface area (Å²) in [6.45, 7) is 0. The Labute approximate surface area is 126 Å². The van der Waals surface area contributed by atoms with Crippen LogP contribution in [0.4, 0.5) is 5.95 Å². The van der Waals surface area contributed by atoms with Crippen LogP contribution in [-0.4, -0.2) is 29.0 Å². The highest BCUT2D eigenvalue weighted by atomic mass is 16.5. The van der Waals surface area contributed by atoms with E-state index in [2.05, 4.69) is 20.0 Å². The Balaban J connectivity index is 1.77. The maximum atomic E-state index is 12.2. The molecule has 1 aromatic heterocycles. The van der Waals surface area contributed by atoms with E-state index >= 15 is 0 Å². The topological polar surface area (TPSA) is 84.1 Å². The number of benzene rings is 2. The number of methoxy groups -OCH3 is 1. The summed E-state index contributed by atoms with van der Waals surface area (Å²) in [5, 5.41) is 2.69. The normalized spacial score (nSPS) is 10.4. The van der Waals surface area contributed by atoms with Crippen LogP contribution < -0.4 is 5.32 Å². The molecule has 0 fully saturated rings. The van der Waals surface area contributed by atoms with E-state index in [-0.39, 0.29) is 5.91 Å². The minimum atomic E-state index is -0.441. The van der Waals surface area contributed by atoms with Crippen molar-refractivity contribution in [2.45, 2.75) is 0 Å². The molecule has 0 aliphatic carbocycles. The van der Waals surface area contributed by atoms with Gasteiger partial charge >= 0.3 is 5.97 Å². The van der Waals surface area contributed by atoms with E-state index in [1.807, 2.05) is 24.3 Å². The van der Waals surface area contributed by atoms with Crippen LogP contribution in [0, 0.1) is 0 Å². The van der Waals surface area contributed by atoms with Crippen molar-refractivity contribution in [3.8, 4) is 0 Å². The molecule has 0 spiro atoms. The van der Waals surface area contributed by atoms with E-state index in [1.54, 1.807) is 24.3 Å². The molecule has 110 valence electrons. The second-order valence-corrected chi connectivity index (χ2v) is 4.63. The van der Waals surface area contributed by atoms with Crippen LogP contribution in [0.1, 0.15) is 20.7 Å². The van der Waals surface area contributed by atoms with Gasteiger partial charge in [-0.05, 0) is 36.4 Å². The maximum absolute atomic E-state index is 12.2. The SMILES string of the molecule is COC(=O)c1ccc(C(=O)Nc2nc3ccccc3[nH]2)cc1. The monoisotopic (exact) mass is 295 g/mol. The van der Waals surface area contributed by atoms with Gasteiger partial charge in [-0.3, -0.25) is 10.1 Å². The lowest BCUT2D eigenvalue weighted by Crippen LogP contribution is -2.13. The highest BCUT2D eigenvalue weighted by Gasteiger charge is 2.11. The molecule has 0 saturated carbocycles. The van der Waals surface area contributed by atoms with Gasteiger partial charge in [0.15, 0.2) is 0 Å². The lowest BCUT2D eigenvalue weighted by Gasteiger charge is -2.03. The molecule has 6 heteroatoms. The first-order valence-corrected chi connectivity index (χ1v) is 6.62. The van der Waals surface area contributed by atoms with E-state index in [1.165, 1.54) is 7.11 Å². The Hall–Kier alpha value is -3.15. The Morgan fingerprint density at radius 3 is 2.41 bits per heavy atom. The zero-order chi connectivity index (χ0) is 15.5. The van der Waals surface area contributed by atoms with Crippen molar-refractivity contribution in [1.82, 2.24) is 9.97 Å². The Kier molecular flexibility index (Phi) is 3.57. The lowest BCUT2D eigenvalue weighted by molar-refractivity contribution is 0.0600. The number of ether oxygens (including phenoxy) is 1. The largest absolute Gasteiger partial charge is 0.465 e. The zero-order valence-corrected chi connectivity index (χ0v) is 11.8. The zero-order valence-electron chi connectivity index (χ0n) is 11.8. The van der Waals surface area contributed by atoms with Crippen LogP contribution in [-0.2, 0) is 4.74 Å². The van der Waals surface area contributed by atoms with Crippen molar-refractivity contribution in [1.29, 1.82) is 0 Å². The minimum Gasteiger partial charge on any atom is -0.465 e. The van der Waals surface area contributed by atoms with Crippen LogP contribution in [0.5, 0.6) is 0 Å².